The predicted octanol–water partition coefficient (Wildman–Crippen LogP) is 6.17. The summed E-state index contributed by atoms with van der Waals surface area (Å²) >= 11 is 0. The molecule has 0 bridgehead atoms. The van der Waals surface area contributed by atoms with Gasteiger partial charge in [0.05, 0.1) is 5.56 Å². The maximum Gasteiger partial charge on any atom is 0.416 e. The summed E-state index contributed by atoms with van der Waals surface area (Å²) in [5, 5.41) is 0. The molecule has 0 saturated heterocycles. The Labute approximate surface area is 114 Å². The first-order chi connectivity index (χ1) is 8.99. The molecule has 0 aromatic heterocycles. The summed E-state index contributed by atoms with van der Waals surface area (Å²) in [4.78, 5) is 0. The molecule has 108 valence electrons. The lowest BCUT2D eigenvalue weighted by Gasteiger charge is -2.16. The van der Waals surface area contributed by atoms with Crippen molar-refractivity contribution in [3.63, 3.8) is 0 Å². The van der Waals surface area contributed by atoms with Crippen LogP contribution in [0, 0.1) is 0 Å². The van der Waals surface area contributed by atoms with Crippen molar-refractivity contribution in [1.29, 1.82) is 0 Å². The van der Waals surface area contributed by atoms with Crippen LogP contribution in [0.15, 0.2) is 24.3 Å². The molecule has 0 N–H and O–H groups in total. The normalized spacial score (nSPS) is 13.5. The topological polar surface area (TPSA) is 0 Å². The summed E-state index contributed by atoms with van der Waals surface area (Å²) in [5.41, 5.74) is 0.476. The lowest BCUT2D eigenvalue weighted by molar-refractivity contribution is -0.137. The highest BCUT2D eigenvalue weighted by atomic mass is 19.4. The molecular formula is C16H23F3. The van der Waals surface area contributed by atoms with Crippen molar-refractivity contribution < 1.29 is 13.2 Å². The maximum absolute atomic E-state index is 12.5. The van der Waals surface area contributed by atoms with Crippen molar-refractivity contribution in [1.82, 2.24) is 0 Å². The molecule has 0 aliphatic carbocycles. The Kier molecular flexibility index (Phi) is 6.40. The average Bonchev–Trinajstić information content (AvgIpc) is 2.38. The van der Waals surface area contributed by atoms with Crippen LogP contribution in [0.25, 0.3) is 0 Å². The minimum Gasteiger partial charge on any atom is -0.166 e. The van der Waals surface area contributed by atoms with Crippen LogP contribution in [0.5, 0.6) is 0 Å². The van der Waals surface area contributed by atoms with E-state index in [9.17, 15) is 13.2 Å². The Balaban J connectivity index is 2.61. The van der Waals surface area contributed by atoms with Gasteiger partial charge in [-0.3, -0.25) is 0 Å². The highest BCUT2D eigenvalue weighted by Crippen LogP contribution is 2.32. The number of rotatable bonds is 7. The number of halogens is 3. The van der Waals surface area contributed by atoms with Gasteiger partial charge in [-0.1, -0.05) is 51.7 Å². The van der Waals surface area contributed by atoms with Gasteiger partial charge in [0.2, 0.25) is 0 Å². The summed E-state index contributed by atoms with van der Waals surface area (Å²) < 4.78 is 37.5. The maximum atomic E-state index is 12.5. The van der Waals surface area contributed by atoms with E-state index in [1.54, 1.807) is 12.1 Å². The van der Waals surface area contributed by atoms with Gasteiger partial charge < -0.3 is 0 Å². The number of hydrogen-bond acceptors (Lipinski definition) is 0. The molecule has 0 fully saturated rings. The molecule has 0 heterocycles. The van der Waals surface area contributed by atoms with Crippen LogP contribution in [-0.4, -0.2) is 0 Å². The number of unbranched alkanes of at least 4 members (excludes halogenated alkanes) is 3. The molecule has 0 saturated carbocycles. The molecule has 1 aromatic carbocycles. The third kappa shape index (κ3) is 5.25. The van der Waals surface area contributed by atoms with Gasteiger partial charge in [0.1, 0.15) is 0 Å². The first-order valence-corrected chi connectivity index (χ1v) is 7.16. The number of hydrogen-bond donors (Lipinski definition) is 0. The molecule has 0 aliphatic rings. The average molecular weight is 272 g/mol. The van der Waals surface area contributed by atoms with Gasteiger partial charge in [0.15, 0.2) is 0 Å². The smallest absolute Gasteiger partial charge is 0.166 e. The fourth-order valence-electron chi connectivity index (χ4n) is 2.37. The third-order valence-corrected chi connectivity index (χ3v) is 3.61. The molecule has 0 radical (unpaired) electrons. The summed E-state index contributed by atoms with van der Waals surface area (Å²) in [6.45, 7) is 4.27. The first kappa shape index (κ1) is 16.1. The molecule has 0 aliphatic heterocycles. The van der Waals surface area contributed by atoms with Crippen LogP contribution >= 0.6 is 0 Å². The zero-order chi connectivity index (χ0) is 14.3. The Hall–Kier alpha value is -0.990. The summed E-state index contributed by atoms with van der Waals surface area (Å²) in [7, 11) is 0. The monoisotopic (exact) mass is 272 g/mol. The SMILES string of the molecule is CCCCCCC(CC)c1ccc(C(F)(F)F)cc1. The first-order valence-electron chi connectivity index (χ1n) is 7.16. The van der Waals surface area contributed by atoms with Gasteiger partial charge >= 0.3 is 6.18 Å². The summed E-state index contributed by atoms with van der Waals surface area (Å²) in [6, 6.07) is 5.67. The van der Waals surface area contributed by atoms with Gasteiger partial charge in [0, 0.05) is 0 Å². The van der Waals surface area contributed by atoms with E-state index in [0.29, 0.717) is 5.92 Å². The van der Waals surface area contributed by atoms with Crippen molar-refractivity contribution in [2.24, 2.45) is 0 Å². The van der Waals surface area contributed by atoms with Crippen LogP contribution < -0.4 is 0 Å². The Morgan fingerprint density at radius 2 is 1.58 bits per heavy atom. The predicted molar refractivity (Wildman–Crippen MR) is 73.2 cm³/mol. The third-order valence-electron chi connectivity index (χ3n) is 3.61. The van der Waals surface area contributed by atoms with Crippen molar-refractivity contribution in [3.8, 4) is 0 Å². The second-order valence-corrected chi connectivity index (χ2v) is 5.07. The molecule has 19 heavy (non-hydrogen) atoms. The van der Waals surface area contributed by atoms with E-state index in [1.807, 2.05) is 0 Å². The Morgan fingerprint density at radius 1 is 0.947 bits per heavy atom. The second-order valence-electron chi connectivity index (χ2n) is 5.07. The number of alkyl halides is 3. The number of benzene rings is 1. The standard InChI is InChI=1S/C16H23F3/c1-3-5-6-7-8-13(4-2)14-9-11-15(12-10-14)16(17,18)19/h9-13H,3-8H2,1-2H3. The summed E-state index contributed by atoms with van der Waals surface area (Å²) in [5.74, 6) is 0.388. The van der Waals surface area contributed by atoms with Gasteiger partial charge in [-0.2, -0.15) is 13.2 Å². The van der Waals surface area contributed by atoms with Crippen molar-refractivity contribution >= 4 is 0 Å². The summed E-state index contributed by atoms with van der Waals surface area (Å²) in [6.07, 6.45) is 2.64. The Bertz CT molecular complexity index is 351. The van der Waals surface area contributed by atoms with E-state index in [0.717, 1.165) is 24.8 Å². The van der Waals surface area contributed by atoms with Gasteiger partial charge in [-0.25, -0.2) is 0 Å². The minimum absolute atomic E-state index is 0.388. The molecule has 1 unspecified atom stereocenters. The largest absolute Gasteiger partial charge is 0.416 e. The molecule has 0 amide bonds. The van der Waals surface area contributed by atoms with E-state index in [-0.39, 0.29) is 0 Å². The zero-order valence-electron chi connectivity index (χ0n) is 11.8. The van der Waals surface area contributed by atoms with Crippen molar-refractivity contribution in [2.75, 3.05) is 0 Å². The quantitative estimate of drug-likeness (QED) is 0.521. The molecule has 0 nitrogen and oxygen atoms in total. The van der Waals surface area contributed by atoms with E-state index in [2.05, 4.69) is 13.8 Å². The highest BCUT2D eigenvalue weighted by Gasteiger charge is 2.30. The van der Waals surface area contributed by atoms with Gasteiger partial charge in [-0.05, 0) is 36.5 Å². The molecule has 3 heteroatoms. The molecule has 1 rings (SSSR count). The van der Waals surface area contributed by atoms with Crippen LogP contribution in [0.4, 0.5) is 13.2 Å². The fraction of sp³-hybridized carbons (Fsp3) is 0.625. The van der Waals surface area contributed by atoms with Crippen molar-refractivity contribution in [3.05, 3.63) is 35.4 Å². The van der Waals surface area contributed by atoms with E-state index >= 15 is 0 Å². The molecule has 1 aromatic rings. The minimum atomic E-state index is -4.23. The van der Waals surface area contributed by atoms with Crippen molar-refractivity contribution in [2.45, 2.75) is 64.5 Å². The lowest BCUT2D eigenvalue weighted by atomic mass is 9.90. The van der Waals surface area contributed by atoms with Crippen LogP contribution in [0.2, 0.25) is 0 Å². The van der Waals surface area contributed by atoms with Gasteiger partial charge in [0.25, 0.3) is 0 Å². The Morgan fingerprint density at radius 3 is 2.05 bits per heavy atom. The van der Waals surface area contributed by atoms with E-state index < -0.39 is 11.7 Å². The fourth-order valence-corrected chi connectivity index (χ4v) is 2.37. The van der Waals surface area contributed by atoms with Crippen LogP contribution in [0.3, 0.4) is 0 Å². The van der Waals surface area contributed by atoms with E-state index in [4.69, 9.17) is 0 Å². The van der Waals surface area contributed by atoms with E-state index in [1.165, 1.54) is 31.4 Å². The highest BCUT2D eigenvalue weighted by molar-refractivity contribution is 5.27. The second kappa shape index (κ2) is 7.56. The molecule has 0 spiro atoms. The van der Waals surface area contributed by atoms with Gasteiger partial charge in [-0.15, -0.1) is 0 Å². The molecule has 1 atom stereocenters. The lowest BCUT2D eigenvalue weighted by Crippen LogP contribution is -2.05. The molecular weight excluding hydrogens is 249 g/mol. The zero-order valence-corrected chi connectivity index (χ0v) is 11.8. The van der Waals surface area contributed by atoms with Crippen LogP contribution in [-0.2, 0) is 6.18 Å². The van der Waals surface area contributed by atoms with Crippen LogP contribution in [0.1, 0.15) is 69.4 Å².